The summed E-state index contributed by atoms with van der Waals surface area (Å²) in [5, 5.41) is 23.4. The maximum Gasteiger partial charge on any atom is 0.353 e. The second kappa shape index (κ2) is 11.1. The summed E-state index contributed by atoms with van der Waals surface area (Å²) in [4.78, 5) is 33.8. The van der Waals surface area contributed by atoms with Gasteiger partial charge in [0.05, 0.1) is 28.8 Å². The molecule has 1 aliphatic rings. The fourth-order valence-electron chi connectivity index (χ4n) is 3.84. The topological polar surface area (TPSA) is 135 Å². The zero-order chi connectivity index (χ0) is 24.6. The third-order valence-electron chi connectivity index (χ3n) is 5.49. The fourth-order valence-corrected chi connectivity index (χ4v) is 3.84. The number of nitro groups is 1. The Balaban J connectivity index is 1.52. The molecule has 1 unspecified atom stereocenters. The second-order valence-corrected chi connectivity index (χ2v) is 7.90. The van der Waals surface area contributed by atoms with Crippen LogP contribution in [0.15, 0.2) is 71.2 Å². The van der Waals surface area contributed by atoms with E-state index in [0.29, 0.717) is 43.9 Å². The van der Waals surface area contributed by atoms with Gasteiger partial charge in [0.25, 0.3) is 0 Å². The molecule has 2 aromatic carbocycles. The summed E-state index contributed by atoms with van der Waals surface area (Å²) in [6.07, 6.45) is 2.65. The molecule has 1 saturated heterocycles. The van der Waals surface area contributed by atoms with Gasteiger partial charge in [-0.1, -0.05) is 18.2 Å². The van der Waals surface area contributed by atoms with Crippen molar-refractivity contribution in [2.24, 2.45) is 16.1 Å². The van der Waals surface area contributed by atoms with Crippen LogP contribution in [-0.4, -0.2) is 40.6 Å². The van der Waals surface area contributed by atoms with E-state index in [0.717, 1.165) is 5.69 Å². The summed E-state index contributed by atoms with van der Waals surface area (Å²) in [5.74, 6) is -0.407. The quantitative estimate of drug-likeness (QED) is 0.200. The summed E-state index contributed by atoms with van der Waals surface area (Å²) >= 11 is 0. The van der Waals surface area contributed by atoms with Gasteiger partial charge in [-0.2, -0.15) is 10.2 Å². The monoisotopic (exact) mass is 475 g/mol. The predicted octanol–water partition coefficient (Wildman–Crippen LogP) is 5.32. The number of hydrogen-bond donors (Lipinski definition) is 1. The second-order valence-electron chi connectivity index (χ2n) is 7.90. The van der Waals surface area contributed by atoms with Crippen molar-refractivity contribution in [2.75, 3.05) is 29.9 Å². The van der Waals surface area contributed by atoms with Crippen LogP contribution in [0.2, 0.25) is 0 Å². The highest BCUT2D eigenvalue weighted by atomic mass is 16.6. The standard InChI is InChI=1S/C24H25N7O4/c1-2-35-24(32)17-7-6-14-30(15-17)23-21(31(33)34)22(25-16-26-23)27-18-10-12-20(13-11-18)29-28-19-8-4-3-5-9-19/h3-5,8-13,16-17H,2,6-7,14-15H2,1H3,(H,25,26,27). The Labute approximate surface area is 202 Å². The molecule has 1 fully saturated rings. The number of hydrogen-bond acceptors (Lipinski definition) is 10. The van der Waals surface area contributed by atoms with Gasteiger partial charge < -0.3 is 15.0 Å². The Hall–Kier alpha value is -4.41. The molecule has 3 aromatic rings. The van der Waals surface area contributed by atoms with Crippen LogP contribution in [0.25, 0.3) is 0 Å². The minimum absolute atomic E-state index is 0.0666. The van der Waals surface area contributed by atoms with Crippen molar-refractivity contribution < 1.29 is 14.5 Å². The predicted molar refractivity (Wildman–Crippen MR) is 131 cm³/mol. The van der Waals surface area contributed by atoms with E-state index < -0.39 is 4.92 Å². The highest BCUT2D eigenvalue weighted by Gasteiger charge is 2.33. The van der Waals surface area contributed by atoms with Crippen LogP contribution >= 0.6 is 0 Å². The van der Waals surface area contributed by atoms with Gasteiger partial charge in [-0.3, -0.25) is 14.9 Å². The van der Waals surface area contributed by atoms with Crippen LogP contribution in [0.1, 0.15) is 19.8 Å². The molecule has 35 heavy (non-hydrogen) atoms. The van der Waals surface area contributed by atoms with E-state index in [2.05, 4.69) is 25.5 Å². The molecule has 1 N–H and O–H groups in total. The molecular weight excluding hydrogens is 450 g/mol. The number of azo groups is 1. The maximum absolute atomic E-state index is 12.2. The molecule has 0 saturated carbocycles. The molecule has 4 rings (SSSR count). The number of carbonyl (C=O) groups is 1. The van der Waals surface area contributed by atoms with Crippen molar-refractivity contribution in [3.8, 4) is 0 Å². The van der Waals surface area contributed by atoms with Gasteiger partial charge in [0.15, 0.2) is 0 Å². The minimum atomic E-state index is -0.506. The van der Waals surface area contributed by atoms with Crippen molar-refractivity contribution in [1.82, 2.24) is 9.97 Å². The molecule has 11 nitrogen and oxygen atoms in total. The molecule has 0 bridgehead atoms. The molecule has 0 amide bonds. The maximum atomic E-state index is 12.2. The molecule has 2 heterocycles. The van der Waals surface area contributed by atoms with E-state index in [1.165, 1.54) is 6.33 Å². The lowest BCUT2D eigenvalue weighted by Gasteiger charge is -2.32. The number of carbonyl (C=O) groups excluding carboxylic acids is 1. The van der Waals surface area contributed by atoms with Crippen molar-refractivity contribution in [2.45, 2.75) is 19.8 Å². The van der Waals surface area contributed by atoms with Gasteiger partial charge in [-0.25, -0.2) is 9.97 Å². The van der Waals surface area contributed by atoms with Crippen LogP contribution in [-0.2, 0) is 9.53 Å². The molecule has 1 atom stereocenters. The number of aromatic nitrogens is 2. The minimum Gasteiger partial charge on any atom is -0.466 e. The summed E-state index contributed by atoms with van der Waals surface area (Å²) in [5.41, 5.74) is 1.72. The number of nitrogens with zero attached hydrogens (tertiary/aromatic N) is 6. The van der Waals surface area contributed by atoms with Crippen LogP contribution in [0.4, 0.5) is 34.4 Å². The van der Waals surface area contributed by atoms with E-state index >= 15 is 0 Å². The van der Waals surface area contributed by atoms with Crippen LogP contribution in [0.3, 0.4) is 0 Å². The Morgan fingerprint density at radius 2 is 1.86 bits per heavy atom. The highest BCUT2D eigenvalue weighted by molar-refractivity contribution is 5.77. The summed E-state index contributed by atoms with van der Waals surface area (Å²) < 4.78 is 5.14. The number of anilines is 3. The largest absolute Gasteiger partial charge is 0.466 e. The normalized spacial score (nSPS) is 15.7. The van der Waals surface area contributed by atoms with Gasteiger partial charge >= 0.3 is 11.7 Å². The van der Waals surface area contributed by atoms with Crippen molar-refractivity contribution >= 4 is 40.4 Å². The number of piperidine rings is 1. The lowest BCUT2D eigenvalue weighted by molar-refractivity contribution is -0.383. The molecule has 11 heteroatoms. The van der Waals surface area contributed by atoms with Crippen molar-refractivity contribution in [3.05, 3.63) is 71.0 Å². The lowest BCUT2D eigenvalue weighted by atomic mass is 9.98. The molecule has 180 valence electrons. The van der Waals surface area contributed by atoms with E-state index in [1.54, 1.807) is 36.1 Å². The Kier molecular flexibility index (Phi) is 7.56. The highest BCUT2D eigenvalue weighted by Crippen LogP contribution is 2.36. The van der Waals surface area contributed by atoms with Crippen LogP contribution < -0.4 is 10.2 Å². The number of benzene rings is 2. The average Bonchev–Trinajstić information content (AvgIpc) is 2.89. The fraction of sp³-hybridized carbons (Fsp3) is 0.292. The van der Waals surface area contributed by atoms with E-state index in [-0.39, 0.29) is 29.2 Å². The van der Waals surface area contributed by atoms with Crippen molar-refractivity contribution in [3.63, 3.8) is 0 Å². The molecule has 0 aliphatic carbocycles. The summed E-state index contributed by atoms with van der Waals surface area (Å²) in [6.45, 7) is 2.90. The molecule has 0 radical (unpaired) electrons. The Morgan fingerprint density at radius 1 is 1.14 bits per heavy atom. The first-order valence-corrected chi connectivity index (χ1v) is 11.3. The molecule has 1 aromatic heterocycles. The number of esters is 1. The number of ether oxygens (including phenoxy) is 1. The zero-order valence-electron chi connectivity index (χ0n) is 19.2. The van der Waals surface area contributed by atoms with E-state index in [4.69, 9.17) is 4.74 Å². The summed E-state index contributed by atoms with van der Waals surface area (Å²) in [6, 6.07) is 16.3. The Bertz CT molecular complexity index is 1200. The van der Waals surface area contributed by atoms with Gasteiger partial charge in [0.2, 0.25) is 11.6 Å². The van der Waals surface area contributed by atoms with Gasteiger partial charge in [-0.05, 0) is 56.2 Å². The average molecular weight is 476 g/mol. The third kappa shape index (κ3) is 5.94. The van der Waals surface area contributed by atoms with E-state index in [1.807, 2.05) is 30.3 Å². The first-order chi connectivity index (χ1) is 17.0. The molecular formula is C24H25N7O4. The van der Waals surface area contributed by atoms with Crippen LogP contribution in [0.5, 0.6) is 0 Å². The molecule has 0 spiro atoms. The number of rotatable bonds is 8. The lowest BCUT2D eigenvalue weighted by Crippen LogP contribution is -2.40. The van der Waals surface area contributed by atoms with E-state index in [9.17, 15) is 14.9 Å². The van der Waals surface area contributed by atoms with Crippen LogP contribution in [0, 0.1) is 16.0 Å². The van der Waals surface area contributed by atoms with Crippen molar-refractivity contribution in [1.29, 1.82) is 0 Å². The first kappa shape index (κ1) is 23.7. The first-order valence-electron chi connectivity index (χ1n) is 11.3. The summed E-state index contributed by atoms with van der Waals surface area (Å²) in [7, 11) is 0. The van der Waals surface area contributed by atoms with Gasteiger partial charge in [0.1, 0.15) is 6.33 Å². The zero-order valence-corrected chi connectivity index (χ0v) is 19.2. The van der Waals surface area contributed by atoms with Gasteiger partial charge in [-0.15, -0.1) is 0 Å². The SMILES string of the molecule is CCOC(=O)C1CCCN(c2ncnc(Nc3ccc(N=Nc4ccccc4)cc3)c2[N+](=O)[O-])C1. The number of nitrogens with one attached hydrogen (secondary N) is 1. The van der Waals surface area contributed by atoms with Gasteiger partial charge in [0, 0.05) is 18.8 Å². The Morgan fingerprint density at radius 3 is 2.54 bits per heavy atom. The third-order valence-corrected chi connectivity index (χ3v) is 5.49. The molecule has 1 aliphatic heterocycles. The smallest absolute Gasteiger partial charge is 0.353 e.